The van der Waals surface area contributed by atoms with E-state index in [0.717, 1.165) is 31.9 Å². The molecule has 0 spiro atoms. The largest absolute Gasteiger partial charge is 0.312 e. The molecule has 4 rings (SSSR count). The molecule has 1 aromatic heterocycles. The van der Waals surface area contributed by atoms with Gasteiger partial charge in [-0.2, -0.15) is 0 Å². The average molecular weight is 433 g/mol. The third-order valence-electron chi connectivity index (χ3n) is 6.00. The highest BCUT2D eigenvalue weighted by atomic mass is 19.1. The first kappa shape index (κ1) is 22.1. The second-order valence-corrected chi connectivity index (χ2v) is 8.51. The summed E-state index contributed by atoms with van der Waals surface area (Å²) in [5, 5.41) is 3.47. The number of halogens is 1. The molecule has 0 saturated carbocycles. The fourth-order valence-corrected chi connectivity index (χ4v) is 4.11. The molecule has 1 N–H and O–H groups in total. The summed E-state index contributed by atoms with van der Waals surface area (Å²) in [6.07, 6.45) is 1.55. The van der Waals surface area contributed by atoms with Gasteiger partial charge in [0.05, 0.1) is 11.3 Å². The first-order valence-corrected chi connectivity index (χ1v) is 11.0. The Morgan fingerprint density at radius 3 is 2.75 bits per heavy atom. The fourth-order valence-electron chi connectivity index (χ4n) is 4.11. The van der Waals surface area contributed by atoms with Crippen LogP contribution in [-0.2, 0) is 6.54 Å². The second kappa shape index (κ2) is 9.59. The molecular formula is C26H29FN4O. The van der Waals surface area contributed by atoms with Gasteiger partial charge in [-0.05, 0) is 61.4 Å². The van der Waals surface area contributed by atoms with Gasteiger partial charge in [0, 0.05) is 56.7 Å². The van der Waals surface area contributed by atoms with Gasteiger partial charge in [0.2, 0.25) is 0 Å². The van der Waals surface area contributed by atoms with E-state index in [-0.39, 0.29) is 11.7 Å². The number of carbonyl (C=O) groups is 1. The number of benzene rings is 2. The molecule has 1 atom stereocenters. The van der Waals surface area contributed by atoms with Crippen LogP contribution in [0.5, 0.6) is 0 Å². The average Bonchev–Trinajstić information content (AvgIpc) is 2.79. The van der Waals surface area contributed by atoms with Gasteiger partial charge < -0.3 is 10.2 Å². The number of carbonyl (C=O) groups excluding carboxylic acids is 1. The number of aromatic nitrogens is 1. The van der Waals surface area contributed by atoms with Crippen LogP contribution < -0.4 is 10.2 Å². The Bertz CT molecular complexity index is 1100. The lowest BCUT2D eigenvalue weighted by Crippen LogP contribution is -2.48. The van der Waals surface area contributed by atoms with Crippen molar-refractivity contribution in [2.24, 2.45) is 0 Å². The lowest BCUT2D eigenvalue weighted by atomic mass is 10.1. The number of rotatable bonds is 5. The first-order valence-electron chi connectivity index (χ1n) is 11.0. The monoisotopic (exact) mass is 432 g/mol. The van der Waals surface area contributed by atoms with E-state index in [4.69, 9.17) is 0 Å². The van der Waals surface area contributed by atoms with Crippen molar-refractivity contribution in [2.45, 2.75) is 26.4 Å². The SMILES string of the molecule is Cc1cc(N(C)C(=O)c2ccc(-c3cccc(F)c3)nc2)ccc1CN1CCN[C@@H](C)C1. The number of amides is 1. The predicted octanol–water partition coefficient (Wildman–Crippen LogP) is 4.27. The lowest BCUT2D eigenvalue weighted by Gasteiger charge is -2.32. The number of pyridine rings is 1. The highest BCUT2D eigenvalue weighted by Gasteiger charge is 2.18. The third-order valence-corrected chi connectivity index (χ3v) is 6.00. The van der Waals surface area contributed by atoms with Gasteiger partial charge in [0.25, 0.3) is 5.91 Å². The van der Waals surface area contributed by atoms with E-state index in [1.807, 2.05) is 6.07 Å². The Morgan fingerprint density at radius 1 is 1.22 bits per heavy atom. The van der Waals surface area contributed by atoms with Gasteiger partial charge >= 0.3 is 0 Å². The zero-order valence-electron chi connectivity index (χ0n) is 18.8. The number of aryl methyl sites for hydroxylation is 1. The topological polar surface area (TPSA) is 48.5 Å². The molecule has 1 saturated heterocycles. The molecule has 3 aromatic rings. The molecule has 5 nitrogen and oxygen atoms in total. The zero-order valence-corrected chi connectivity index (χ0v) is 18.8. The predicted molar refractivity (Wildman–Crippen MR) is 126 cm³/mol. The highest BCUT2D eigenvalue weighted by molar-refractivity contribution is 6.05. The van der Waals surface area contributed by atoms with Gasteiger partial charge in [-0.25, -0.2) is 4.39 Å². The summed E-state index contributed by atoms with van der Waals surface area (Å²) in [5.41, 5.74) is 5.11. The van der Waals surface area contributed by atoms with Gasteiger partial charge in [0.15, 0.2) is 0 Å². The van der Waals surface area contributed by atoms with E-state index in [1.54, 1.807) is 42.4 Å². The molecule has 1 amide bonds. The van der Waals surface area contributed by atoms with Crippen LogP contribution in [0.2, 0.25) is 0 Å². The molecule has 0 radical (unpaired) electrons. The fraction of sp³-hybridized carbons (Fsp3) is 0.308. The van der Waals surface area contributed by atoms with Crippen LogP contribution in [0.25, 0.3) is 11.3 Å². The molecule has 6 heteroatoms. The maximum Gasteiger partial charge on any atom is 0.259 e. The Labute approximate surface area is 188 Å². The van der Waals surface area contributed by atoms with Crippen molar-refractivity contribution in [1.82, 2.24) is 15.2 Å². The Morgan fingerprint density at radius 2 is 2.06 bits per heavy atom. The van der Waals surface area contributed by atoms with Crippen LogP contribution in [0.1, 0.15) is 28.4 Å². The summed E-state index contributed by atoms with van der Waals surface area (Å²) in [4.78, 5) is 21.5. The lowest BCUT2D eigenvalue weighted by molar-refractivity contribution is 0.0992. The molecule has 0 bridgehead atoms. The van der Waals surface area contributed by atoms with Gasteiger partial charge in [-0.3, -0.25) is 14.7 Å². The standard InChI is InChI=1S/C26H29FN4O/c1-18-13-24(9-7-22(18)17-31-12-11-28-19(2)16-31)30(3)26(32)21-8-10-25(29-15-21)20-5-4-6-23(27)14-20/h4-10,13-15,19,28H,11-12,16-17H2,1-3H3/t19-/m0/s1. The molecule has 2 aromatic carbocycles. The zero-order chi connectivity index (χ0) is 22.7. The van der Waals surface area contributed by atoms with Crippen molar-refractivity contribution < 1.29 is 9.18 Å². The number of nitrogens with one attached hydrogen (secondary N) is 1. The molecule has 1 aliphatic heterocycles. The van der Waals surface area contributed by atoms with Gasteiger partial charge in [0.1, 0.15) is 5.82 Å². The van der Waals surface area contributed by atoms with Crippen molar-refractivity contribution in [1.29, 1.82) is 0 Å². The summed E-state index contributed by atoms with van der Waals surface area (Å²) in [5.74, 6) is -0.444. The molecule has 2 heterocycles. The number of hydrogen-bond acceptors (Lipinski definition) is 4. The maximum absolute atomic E-state index is 13.5. The van der Waals surface area contributed by atoms with Crippen molar-refractivity contribution in [3.63, 3.8) is 0 Å². The molecule has 1 fully saturated rings. The minimum absolute atomic E-state index is 0.133. The molecular weight excluding hydrogens is 403 g/mol. The number of hydrogen-bond donors (Lipinski definition) is 1. The summed E-state index contributed by atoms with van der Waals surface area (Å²) < 4.78 is 13.5. The molecule has 166 valence electrons. The Kier molecular flexibility index (Phi) is 6.63. The summed E-state index contributed by atoms with van der Waals surface area (Å²) in [7, 11) is 1.77. The van der Waals surface area contributed by atoms with E-state index in [1.165, 1.54) is 23.3 Å². The van der Waals surface area contributed by atoms with E-state index in [0.29, 0.717) is 22.9 Å². The first-order chi connectivity index (χ1) is 15.4. The molecule has 0 aliphatic carbocycles. The number of piperazine rings is 1. The molecule has 1 aliphatic rings. The van der Waals surface area contributed by atoms with E-state index in [9.17, 15) is 9.18 Å². The maximum atomic E-state index is 13.5. The quantitative estimate of drug-likeness (QED) is 0.654. The minimum Gasteiger partial charge on any atom is -0.312 e. The Hall–Kier alpha value is -3.09. The normalized spacial score (nSPS) is 16.7. The van der Waals surface area contributed by atoms with Crippen LogP contribution in [0.15, 0.2) is 60.8 Å². The van der Waals surface area contributed by atoms with Crippen LogP contribution in [-0.4, -0.2) is 48.5 Å². The van der Waals surface area contributed by atoms with Gasteiger partial charge in [-0.1, -0.05) is 18.2 Å². The second-order valence-electron chi connectivity index (χ2n) is 8.51. The summed E-state index contributed by atoms with van der Waals surface area (Å²) in [6, 6.07) is 16.4. The van der Waals surface area contributed by atoms with E-state index >= 15 is 0 Å². The van der Waals surface area contributed by atoms with Crippen LogP contribution in [0.4, 0.5) is 10.1 Å². The number of nitrogens with zero attached hydrogens (tertiary/aromatic N) is 3. The van der Waals surface area contributed by atoms with Crippen LogP contribution >= 0.6 is 0 Å². The van der Waals surface area contributed by atoms with Crippen molar-refractivity contribution in [2.75, 3.05) is 31.6 Å². The van der Waals surface area contributed by atoms with Crippen LogP contribution in [0, 0.1) is 12.7 Å². The third kappa shape index (κ3) is 5.03. The van der Waals surface area contributed by atoms with Crippen molar-refractivity contribution >= 4 is 11.6 Å². The van der Waals surface area contributed by atoms with Crippen LogP contribution in [0.3, 0.4) is 0 Å². The van der Waals surface area contributed by atoms with Crippen molar-refractivity contribution in [3.8, 4) is 11.3 Å². The van der Waals surface area contributed by atoms with E-state index < -0.39 is 0 Å². The summed E-state index contributed by atoms with van der Waals surface area (Å²) >= 11 is 0. The highest BCUT2D eigenvalue weighted by Crippen LogP contribution is 2.23. The Balaban J connectivity index is 1.46. The van der Waals surface area contributed by atoms with Gasteiger partial charge in [-0.15, -0.1) is 0 Å². The minimum atomic E-state index is -0.311. The number of anilines is 1. The molecule has 0 unspecified atom stereocenters. The molecule has 32 heavy (non-hydrogen) atoms. The van der Waals surface area contributed by atoms with E-state index in [2.05, 4.69) is 41.2 Å². The van der Waals surface area contributed by atoms with Crippen molar-refractivity contribution in [3.05, 3.63) is 83.3 Å². The smallest absolute Gasteiger partial charge is 0.259 e. The summed E-state index contributed by atoms with van der Waals surface area (Å²) in [6.45, 7) is 8.32.